The predicted molar refractivity (Wildman–Crippen MR) is 126 cm³/mol. The number of aromatic amines is 1. The predicted octanol–water partition coefficient (Wildman–Crippen LogP) is 2.90. The number of aryl methyl sites for hydroxylation is 1. The van der Waals surface area contributed by atoms with Crippen molar-refractivity contribution in [1.29, 1.82) is 5.26 Å². The van der Waals surface area contributed by atoms with Gasteiger partial charge in [-0.15, -0.1) is 0 Å². The number of ether oxygens (including phenoxy) is 1. The summed E-state index contributed by atoms with van der Waals surface area (Å²) in [6.45, 7) is 6.12. The molecule has 1 atom stereocenters. The molecule has 0 spiro atoms. The van der Waals surface area contributed by atoms with Crippen molar-refractivity contribution in [2.24, 2.45) is 11.8 Å². The summed E-state index contributed by atoms with van der Waals surface area (Å²) in [5.41, 5.74) is 3.90. The van der Waals surface area contributed by atoms with E-state index in [9.17, 15) is 4.79 Å². The van der Waals surface area contributed by atoms with Crippen LogP contribution in [0.3, 0.4) is 0 Å². The fourth-order valence-corrected chi connectivity index (χ4v) is 5.04. The van der Waals surface area contributed by atoms with E-state index in [1.807, 2.05) is 29.5 Å². The summed E-state index contributed by atoms with van der Waals surface area (Å²) in [5.74, 6) is 1.17. The molecule has 0 bridgehead atoms. The Balaban J connectivity index is 1.29. The molecule has 1 saturated heterocycles. The first-order valence-electron chi connectivity index (χ1n) is 11.3. The Labute approximate surface area is 201 Å². The van der Waals surface area contributed by atoms with Crippen molar-refractivity contribution in [1.82, 2.24) is 29.9 Å². The molecule has 4 heterocycles. The van der Waals surface area contributed by atoms with E-state index in [2.05, 4.69) is 26.2 Å². The number of halogens is 1. The van der Waals surface area contributed by atoms with Crippen molar-refractivity contribution < 1.29 is 4.74 Å². The van der Waals surface area contributed by atoms with Crippen LogP contribution in [0.15, 0.2) is 23.4 Å². The minimum Gasteiger partial charge on any atom is -0.472 e. The molecule has 10 nitrogen and oxygen atoms in total. The first-order valence-corrected chi connectivity index (χ1v) is 11.7. The van der Waals surface area contributed by atoms with Gasteiger partial charge in [-0.3, -0.25) is 9.48 Å². The van der Waals surface area contributed by atoms with E-state index in [-0.39, 0.29) is 17.0 Å². The zero-order valence-electron chi connectivity index (χ0n) is 19.0. The summed E-state index contributed by atoms with van der Waals surface area (Å²) in [5, 5.41) is 20.1. The number of nitrogens with one attached hydrogen (secondary N) is 1. The zero-order chi connectivity index (χ0) is 23.8. The summed E-state index contributed by atoms with van der Waals surface area (Å²) >= 11 is 6.15. The van der Waals surface area contributed by atoms with Crippen LogP contribution in [0, 0.1) is 37.0 Å². The van der Waals surface area contributed by atoms with Gasteiger partial charge < -0.3 is 9.64 Å². The van der Waals surface area contributed by atoms with Crippen LogP contribution in [0.4, 0.5) is 5.69 Å². The number of hydrogen-bond acceptors (Lipinski definition) is 8. The highest BCUT2D eigenvalue weighted by molar-refractivity contribution is 6.33. The Morgan fingerprint density at radius 1 is 1.32 bits per heavy atom. The standard InChI is InChI=1S/C23H25ClN8O2/c1-13-21(14(2)32(30-13)10-16-5-15(6-16)8-25)18-7-20(27-12-26-18)34-17-3-4-31(11-17)19-9-28-29-23(33)22(19)24/h7,9,12,15-17H,3-6,10-11H2,1-2H3,(H,29,33)/t15?,16?,17-/m1/s1. The number of rotatable bonds is 6. The van der Waals surface area contributed by atoms with E-state index in [0.717, 1.165) is 48.5 Å². The van der Waals surface area contributed by atoms with Gasteiger partial charge in [0.1, 0.15) is 17.5 Å². The topological polar surface area (TPSA) is 126 Å². The van der Waals surface area contributed by atoms with Crippen molar-refractivity contribution in [3.05, 3.63) is 45.4 Å². The second-order valence-electron chi connectivity index (χ2n) is 9.01. The fraction of sp³-hybridized carbons (Fsp3) is 0.478. The Bertz CT molecular complexity index is 1310. The van der Waals surface area contributed by atoms with Gasteiger partial charge >= 0.3 is 0 Å². The normalized spacial score (nSPS) is 21.8. The molecular weight excluding hydrogens is 456 g/mol. The highest BCUT2D eigenvalue weighted by Crippen LogP contribution is 2.36. The third-order valence-electron chi connectivity index (χ3n) is 6.68. The molecule has 1 N–H and O–H groups in total. The monoisotopic (exact) mass is 480 g/mol. The van der Waals surface area contributed by atoms with Gasteiger partial charge in [-0.2, -0.15) is 15.5 Å². The maximum absolute atomic E-state index is 11.8. The average molecular weight is 481 g/mol. The van der Waals surface area contributed by atoms with E-state index >= 15 is 0 Å². The molecule has 0 radical (unpaired) electrons. The number of anilines is 1. The zero-order valence-corrected chi connectivity index (χ0v) is 19.8. The molecule has 3 aromatic rings. The van der Waals surface area contributed by atoms with Crippen LogP contribution in [0.1, 0.15) is 30.7 Å². The third-order valence-corrected chi connectivity index (χ3v) is 7.04. The largest absolute Gasteiger partial charge is 0.472 e. The molecule has 1 saturated carbocycles. The lowest BCUT2D eigenvalue weighted by Gasteiger charge is -2.30. The summed E-state index contributed by atoms with van der Waals surface area (Å²) in [6, 6.07) is 4.19. The molecule has 176 valence electrons. The van der Waals surface area contributed by atoms with Gasteiger partial charge in [-0.05, 0) is 32.6 Å². The first kappa shape index (κ1) is 22.3. The maximum Gasteiger partial charge on any atom is 0.285 e. The van der Waals surface area contributed by atoms with Gasteiger partial charge in [0.05, 0.1) is 35.9 Å². The van der Waals surface area contributed by atoms with Crippen LogP contribution < -0.4 is 15.2 Å². The Hall–Kier alpha value is -3.45. The van der Waals surface area contributed by atoms with Crippen LogP contribution in [0.2, 0.25) is 5.02 Å². The molecule has 5 rings (SSSR count). The lowest BCUT2D eigenvalue weighted by Crippen LogP contribution is -2.27. The summed E-state index contributed by atoms with van der Waals surface area (Å²) < 4.78 is 8.19. The van der Waals surface area contributed by atoms with E-state index in [1.54, 1.807) is 6.20 Å². The Kier molecular flexibility index (Phi) is 5.96. The quantitative estimate of drug-likeness (QED) is 0.570. The highest BCUT2D eigenvalue weighted by atomic mass is 35.5. The minimum atomic E-state index is -0.405. The second-order valence-corrected chi connectivity index (χ2v) is 9.38. The van der Waals surface area contributed by atoms with Gasteiger partial charge in [0.15, 0.2) is 0 Å². The van der Waals surface area contributed by atoms with E-state index in [4.69, 9.17) is 26.7 Å². The van der Waals surface area contributed by atoms with Crippen LogP contribution in [-0.4, -0.2) is 49.1 Å². The molecule has 1 aliphatic heterocycles. The van der Waals surface area contributed by atoms with Crippen molar-refractivity contribution in [3.8, 4) is 23.2 Å². The molecule has 34 heavy (non-hydrogen) atoms. The van der Waals surface area contributed by atoms with Gasteiger partial charge in [0.2, 0.25) is 5.88 Å². The SMILES string of the molecule is Cc1nn(CC2CC(C#N)C2)c(C)c1-c1cc(O[C@@H]2CCN(c3cn[nH]c(=O)c3Cl)C2)ncn1. The molecule has 0 unspecified atom stereocenters. The maximum atomic E-state index is 11.8. The molecular formula is C23H25ClN8O2. The number of aromatic nitrogens is 6. The van der Waals surface area contributed by atoms with Gasteiger partial charge in [0.25, 0.3) is 5.56 Å². The second kappa shape index (κ2) is 9.06. The Morgan fingerprint density at radius 3 is 2.94 bits per heavy atom. The molecule has 0 amide bonds. The van der Waals surface area contributed by atoms with Crippen LogP contribution >= 0.6 is 11.6 Å². The van der Waals surface area contributed by atoms with Gasteiger partial charge in [0, 0.05) is 42.8 Å². The van der Waals surface area contributed by atoms with Crippen molar-refractivity contribution >= 4 is 17.3 Å². The highest BCUT2D eigenvalue weighted by Gasteiger charge is 2.30. The summed E-state index contributed by atoms with van der Waals surface area (Å²) in [7, 11) is 0. The number of nitriles is 1. The molecule has 11 heteroatoms. The average Bonchev–Trinajstić information content (AvgIpc) is 3.36. The van der Waals surface area contributed by atoms with Gasteiger partial charge in [-0.1, -0.05) is 11.6 Å². The smallest absolute Gasteiger partial charge is 0.285 e. The molecule has 3 aromatic heterocycles. The molecule has 2 fully saturated rings. The van der Waals surface area contributed by atoms with Crippen LogP contribution in [-0.2, 0) is 6.54 Å². The van der Waals surface area contributed by atoms with Crippen molar-refractivity contribution in [2.45, 2.75) is 45.8 Å². The molecule has 1 aliphatic carbocycles. The van der Waals surface area contributed by atoms with Crippen LogP contribution in [0.25, 0.3) is 11.3 Å². The summed E-state index contributed by atoms with van der Waals surface area (Å²) in [6.07, 6.45) is 5.61. The lowest BCUT2D eigenvalue weighted by atomic mass is 9.76. The first-order chi connectivity index (χ1) is 16.4. The lowest BCUT2D eigenvalue weighted by molar-refractivity contribution is 0.208. The molecule has 2 aliphatic rings. The summed E-state index contributed by atoms with van der Waals surface area (Å²) in [4.78, 5) is 22.5. The van der Waals surface area contributed by atoms with Gasteiger partial charge in [-0.25, -0.2) is 15.1 Å². The Morgan fingerprint density at radius 2 is 2.15 bits per heavy atom. The van der Waals surface area contributed by atoms with E-state index in [1.165, 1.54) is 6.33 Å². The third kappa shape index (κ3) is 4.23. The number of nitrogens with zero attached hydrogens (tertiary/aromatic N) is 7. The van der Waals surface area contributed by atoms with Crippen LogP contribution in [0.5, 0.6) is 5.88 Å². The van der Waals surface area contributed by atoms with E-state index in [0.29, 0.717) is 30.6 Å². The molecule has 0 aromatic carbocycles. The van der Waals surface area contributed by atoms with Crippen molar-refractivity contribution in [3.63, 3.8) is 0 Å². The number of H-pyrrole nitrogens is 1. The number of hydrogen-bond donors (Lipinski definition) is 1. The van der Waals surface area contributed by atoms with E-state index < -0.39 is 5.56 Å². The van der Waals surface area contributed by atoms with Crippen molar-refractivity contribution in [2.75, 3.05) is 18.0 Å². The fourth-order valence-electron chi connectivity index (χ4n) is 4.83. The minimum absolute atomic E-state index is 0.102.